The molecule has 0 atom stereocenters. The second-order valence-electron chi connectivity index (χ2n) is 5.42. The van der Waals surface area contributed by atoms with Crippen LogP contribution in [0.4, 0.5) is 17.3 Å². The third-order valence-electron chi connectivity index (χ3n) is 3.32. The number of rotatable bonds is 0. The van der Waals surface area contributed by atoms with Crippen LogP contribution >= 0.6 is 0 Å². The van der Waals surface area contributed by atoms with Crippen LogP contribution in [0.25, 0.3) is 0 Å². The number of halogens is 4. The maximum atomic E-state index is 9.75. The van der Waals surface area contributed by atoms with Gasteiger partial charge in [0.05, 0.1) is 0 Å². The molecular weight excluding hydrogens is 471 g/mol. The minimum Gasteiger partial charge on any atom is -0.418 e. The van der Waals surface area contributed by atoms with Gasteiger partial charge in [-0.1, -0.05) is 50.0 Å². The summed E-state index contributed by atoms with van der Waals surface area (Å²) in [7, 11) is -6.00. The standard InChI is InChI=1S/2C8H14.BF4.Ir/c2*1-2-4-6-8-7-5-3-1;2-1(3,4)5;/h2*1-2H,3-8H2;;/q;;-1;. The first kappa shape index (κ1) is 24.2. The summed E-state index contributed by atoms with van der Waals surface area (Å²) in [6, 6.07) is 0. The predicted octanol–water partition coefficient (Wildman–Crippen LogP) is 7.09. The summed E-state index contributed by atoms with van der Waals surface area (Å²) in [5.41, 5.74) is 0. The van der Waals surface area contributed by atoms with Crippen molar-refractivity contribution in [3.63, 3.8) is 0 Å². The number of hydrogen-bond acceptors (Lipinski definition) is 0. The molecule has 1 radical (unpaired) electrons. The summed E-state index contributed by atoms with van der Waals surface area (Å²) in [5.74, 6) is 0. The van der Waals surface area contributed by atoms with Crippen LogP contribution in [0, 0.1) is 0 Å². The predicted molar refractivity (Wildman–Crippen MR) is 83.9 cm³/mol. The van der Waals surface area contributed by atoms with Gasteiger partial charge in [-0.25, -0.2) is 0 Å². The van der Waals surface area contributed by atoms with E-state index < -0.39 is 7.25 Å². The number of hydrogen-bond donors (Lipinski definition) is 0. The van der Waals surface area contributed by atoms with Crippen molar-refractivity contribution in [2.24, 2.45) is 0 Å². The molecule has 22 heavy (non-hydrogen) atoms. The summed E-state index contributed by atoms with van der Waals surface area (Å²) >= 11 is 0. The fourth-order valence-corrected chi connectivity index (χ4v) is 2.23. The van der Waals surface area contributed by atoms with Gasteiger partial charge < -0.3 is 17.3 Å². The molecule has 2 aliphatic carbocycles. The third-order valence-corrected chi connectivity index (χ3v) is 3.32. The van der Waals surface area contributed by atoms with Gasteiger partial charge in [0.25, 0.3) is 0 Å². The van der Waals surface area contributed by atoms with E-state index in [0.717, 1.165) is 0 Å². The normalized spacial score (nSPS) is 18.7. The van der Waals surface area contributed by atoms with E-state index in [9.17, 15) is 17.3 Å². The van der Waals surface area contributed by atoms with Gasteiger partial charge in [0.1, 0.15) is 0 Å². The fourth-order valence-electron chi connectivity index (χ4n) is 2.23. The first-order chi connectivity index (χ1) is 10.0. The van der Waals surface area contributed by atoms with Gasteiger partial charge in [-0.3, -0.25) is 0 Å². The minimum absolute atomic E-state index is 0. The topological polar surface area (TPSA) is 0 Å². The van der Waals surface area contributed by atoms with Crippen molar-refractivity contribution in [1.29, 1.82) is 0 Å². The Labute approximate surface area is 146 Å². The van der Waals surface area contributed by atoms with E-state index in [0.29, 0.717) is 0 Å². The van der Waals surface area contributed by atoms with Crippen LogP contribution in [-0.4, -0.2) is 7.25 Å². The van der Waals surface area contributed by atoms with Crippen LogP contribution in [-0.2, 0) is 20.1 Å². The van der Waals surface area contributed by atoms with E-state index in [-0.39, 0.29) is 20.1 Å². The van der Waals surface area contributed by atoms with Crippen molar-refractivity contribution in [3.05, 3.63) is 24.3 Å². The zero-order chi connectivity index (χ0) is 15.8. The van der Waals surface area contributed by atoms with E-state index in [2.05, 4.69) is 24.3 Å². The molecule has 0 aromatic carbocycles. The van der Waals surface area contributed by atoms with E-state index in [4.69, 9.17) is 0 Å². The fraction of sp³-hybridized carbons (Fsp3) is 0.750. The van der Waals surface area contributed by atoms with Gasteiger partial charge >= 0.3 is 7.25 Å². The largest absolute Gasteiger partial charge is 0.673 e. The van der Waals surface area contributed by atoms with Crippen molar-refractivity contribution >= 4 is 7.25 Å². The Hall–Kier alpha value is -0.0857. The van der Waals surface area contributed by atoms with Crippen molar-refractivity contribution in [2.75, 3.05) is 0 Å². The third kappa shape index (κ3) is 28.1. The molecule has 6 heteroatoms. The first-order valence-electron chi connectivity index (χ1n) is 8.17. The average Bonchev–Trinajstić information content (AvgIpc) is 2.24. The molecule has 0 fully saturated rings. The molecule has 0 aromatic heterocycles. The van der Waals surface area contributed by atoms with E-state index in [1.165, 1.54) is 77.0 Å². The maximum Gasteiger partial charge on any atom is 0.673 e. The molecule has 2 rings (SSSR count). The summed E-state index contributed by atoms with van der Waals surface area (Å²) in [4.78, 5) is 0. The van der Waals surface area contributed by atoms with E-state index in [1.54, 1.807) is 0 Å². The van der Waals surface area contributed by atoms with Gasteiger partial charge in [0.2, 0.25) is 0 Å². The van der Waals surface area contributed by atoms with E-state index in [1.807, 2.05) is 0 Å². The molecule has 0 spiro atoms. The molecule has 0 N–H and O–H groups in total. The molecule has 2 aliphatic rings. The Morgan fingerprint density at radius 2 is 0.636 bits per heavy atom. The summed E-state index contributed by atoms with van der Waals surface area (Å²) < 4.78 is 39.0. The molecule has 0 saturated carbocycles. The Morgan fingerprint density at radius 1 is 0.455 bits per heavy atom. The van der Waals surface area contributed by atoms with Crippen molar-refractivity contribution < 1.29 is 37.4 Å². The van der Waals surface area contributed by atoms with Crippen LogP contribution in [0.15, 0.2) is 24.3 Å². The molecule has 0 aromatic rings. The van der Waals surface area contributed by atoms with Crippen molar-refractivity contribution in [2.45, 2.75) is 77.0 Å². The zero-order valence-corrected chi connectivity index (χ0v) is 15.6. The van der Waals surface area contributed by atoms with Gasteiger partial charge in [-0.15, -0.1) is 0 Å². The molecule has 0 heterocycles. The monoisotopic (exact) mass is 500 g/mol. The Kier molecular flexibility index (Phi) is 19.0. The van der Waals surface area contributed by atoms with Crippen LogP contribution in [0.5, 0.6) is 0 Å². The smallest absolute Gasteiger partial charge is 0.418 e. The summed E-state index contributed by atoms with van der Waals surface area (Å²) in [6.07, 6.45) is 26.0. The Balaban J connectivity index is 0. The second-order valence-corrected chi connectivity index (χ2v) is 5.42. The quantitative estimate of drug-likeness (QED) is 0.190. The Bertz CT molecular complexity index is 230. The molecule has 0 saturated heterocycles. The molecule has 0 bridgehead atoms. The van der Waals surface area contributed by atoms with Gasteiger partial charge in [-0.05, 0) is 51.4 Å². The van der Waals surface area contributed by atoms with Crippen LogP contribution in [0.2, 0.25) is 0 Å². The summed E-state index contributed by atoms with van der Waals surface area (Å²) in [6.45, 7) is 0. The maximum absolute atomic E-state index is 9.75. The average molecular weight is 499 g/mol. The van der Waals surface area contributed by atoms with E-state index >= 15 is 0 Å². The van der Waals surface area contributed by atoms with Crippen LogP contribution < -0.4 is 0 Å². The number of allylic oxidation sites excluding steroid dienone is 4. The Morgan fingerprint density at radius 3 is 0.818 bits per heavy atom. The zero-order valence-electron chi connectivity index (χ0n) is 13.2. The molecule has 0 nitrogen and oxygen atoms in total. The first-order valence-corrected chi connectivity index (χ1v) is 8.17. The molecule has 0 aliphatic heterocycles. The van der Waals surface area contributed by atoms with Crippen LogP contribution in [0.1, 0.15) is 77.0 Å². The van der Waals surface area contributed by atoms with Gasteiger partial charge in [-0.2, -0.15) is 0 Å². The summed E-state index contributed by atoms with van der Waals surface area (Å²) in [5, 5.41) is 0. The van der Waals surface area contributed by atoms with Crippen molar-refractivity contribution in [1.82, 2.24) is 0 Å². The molecular formula is C16H28BF4Ir-. The minimum atomic E-state index is -6.00. The van der Waals surface area contributed by atoms with Gasteiger partial charge in [0.15, 0.2) is 0 Å². The molecule has 0 amide bonds. The van der Waals surface area contributed by atoms with Crippen molar-refractivity contribution in [3.8, 4) is 0 Å². The SMILES string of the molecule is C1=CCCCCCC1.C1=CCCCCCC1.F[B-](F)(F)F.[Ir]. The molecule has 133 valence electrons. The molecule has 0 unspecified atom stereocenters. The van der Waals surface area contributed by atoms with Crippen LogP contribution in [0.3, 0.4) is 0 Å². The van der Waals surface area contributed by atoms with Gasteiger partial charge in [0, 0.05) is 20.1 Å². The second kappa shape index (κ2) is 17.3.